The number of carbonyl (C=O) groups is 1. The van der Waals surface area contributed by atoms with Crippen LogP contribution in [0.15, 0.2) is 28.8 Å². The second kappa shape index (κ2) is 5.96. The van der Waals surface area contributed by atoms with Gasteiger partial charge in [-0.1, -0.05) is 16.8 Å². The molecule has 1 aliphatic heterocycles. The van der Waals surface area contributed by atoms with E-state index in [1.54, 1.807) is 25.1 Å². The van der Waals surface area contributed by atoms with Gasteiger partial charge in [-0.15, -0.1) is 0 Å². The number of anilines is 1. The Morgan fingerprint density at radius 2 is 2.32 bits per heavy atom. The monoisotopic (exact) mass is 323 g/mol. The fourth-order valence-corrected chi connectivity index (χ4v) is 2.70. The first-order valence-electron chi connectivity index (χ1n) is 6.97. The first kappa shape index (κ1) is 14.8. The van der Waals surface area contributed by atoms with Gasteiger partial charge in [0.15, 0.2) is 0 Å². The molecule has 0 saturated carbocycles. The molecule has 1 aromatic carbocycles. The number of rotatable bonds is 3. The molecule has 1 aromatic heterocycles. The van der Waals surface area contributed by atoms with Crippen molar-refractivity contribution in [3.8, 4) is 0 Å². The van der Waals surface area contributed by atoms with E-state index in [0.29, 0.717) is 12.2 Å². The van der Waals surface area contributed by atoms with Gasteiger partial charge in [-0.2, -0.15) is 0 Å². The number of benzene rings is 1. The molecule has 0 radical (unpaired) electrons. The van der Waals surface area contributed by atoms with Gasteiger partial charge in [0.2, 0.25) is 5.76 Å². The number of nitrogens with zero attached hydrogens (tertiary/aromatic N) is 2. The summed E-state index contributed by atoms with van der Waals surface area (Å²) in [5.74, 6) is -0.500. The quantitative estimate of drug-likeness (QED) is 0.943. The lowest BCUT2D eigenvalue weighted by Crippen LogP contribution is -2.36. The SMILES string of the molecule is Cc1cc(C(=O)NC2CCN(c3ccc(F)c(Cl)c3)C2)on1. The molecule has 116 valence electrons. The molecule has 3 rings (SSSR count). The standard InChI is InChI=1S/C15H15ClFN3O2/c1-9-6-14(22-19-9)15(21)18-10-4-5-20(8-10)11-2-3-13(17)12(16)7-11/h2-3,6-7,10H,4-5,8H2,1H3,(H,18,21). The van der Waals surface area contributed by atoms with Gasteiger partial charge in [0, 0.05) is 30.9 Å². The second-order valence-electron chi connectivity index (χ2n) is 5.34. The zero-order valence-electron chi connectivity index (χ0n) is 12.0. The molecule has 2 aromatic rings. The highest BCUT2D eigenvalue weighted by Crippen LogP contribution is 2.25. The van der Waals surface area contributed by atoms with Gasteiger partial charge in [-0.05, 0) is 31.5 Å². The molecule has 1 fully saturated rings. The Kier molecular flexibility index (Phi) is 4.02. The van der Waals surface area contributed by atoms with Crippen molar-refractivity contribution < 1.29 is 13.7 Å². The first-order valence-corrected chi connectivity index (χ1v) is 7.35. The molecule has 22 heavy (non-hydrogen) atoms. The molecule has 1 amide bonds. The fourth-order valence-electron chi connectivity index (χ4n) is 2.52. The van der Waals surface area contributed by atoms with Crippen LogP contribution in [-0.2, 0) is 0 Å². The van der Waals surface area contributed by atoms with Crippen LogP contribution in [0.4, 0.5) is 10.1 Å². The first-order chi connectivity index (χ1) is 10.5. The predicted octanol–water partition coefficient (Wildman–Crippen LogP) is 2.78. The maximum Gasteiger partial charge on any atom is 0.290 e. The average molecular weight is 324 g/mol. The van der Waals surface area contributed by atoms with Crippen molar-refractivity contribution >= 4 is 23.2 Å². The zero-order chi connectivity index (χ0) is 15.7. The summed E-state index contributed by atoms with van der Waals surface area (Å²) < 4.78 is 18.1. The van der Waals surface area contributed by atoms with E-state index < -0.39 is 5.82 Å². The van der Waals surface area contributed by atoms with Crippen molar-refractivity contribution in [1.82, 2.24) is 10.5 Å². The van der Waals surface area contributed by atoms with E-state index >= 15 is 0 Å². The maximum atomic E-state index is 13.2. The lowest BCUT2D eigenvalue weighted by atomic mass is 10.2. The summed E-state index contributed by atoms with van der Waals surface area (Å²) in [5, 5.41) is 6.71. The largest absolute Gasteiger partial charge is 0.369 e. The van der Waals surface area contributed by atoms with Gasteiger partial charge in [0.25, 0.3) is 5.91 Å². The van der Waals surface area contributed by atoms with E-state index in [1.807, 2.05) is 0 Å². The van der Waals surface area contributed by atoms with Crippen LogP contribution >= 0.6 is 11.6 Å². The Labute approximate surface area is 132 Å². The lowest BCUT2D eigenvalue weighted by molar-refractivity contribution is 0.0903. The molecular formula is C15H15ClFN3O2. The third-order valence-electron chi connectivity index (χ3n) is 3.64. The molecule has 0 spiro atoms. The smallest absolute Gasteiger partial charge is 0.290 e. The topological polar surface area (TPSA) is 58.4 Å². The minimum absolute atomic E-state index is 0.00161. The number of hydrogen-bond donors (Lipinski definition) is 1. The van der Waals surface area contributed by atoms with Crippen LogP contribution in [0.3, 0.4) is 0 Å². The molecule has 0 aliphatic carbocycles. The van der Waals surface area contributed by atoms with Crippen LogP contribution < -0.4 is 10.2 Å². The molecule has 1 atom stereocenters. The van der Waals surface area contributed by atoms with E-state index in [1.165, 1.54) is 6.07 Å². The van der Waals surface area contributed by atoms with Crippen LogP contribution in [0.1, 0.15) is 22.7 Å². The summed E-state index contributed by atoms with van der Waals surface area (Å²) in [6, 6.07) is 6.23. The Morgan fingerprint density at radius 3 is 3.00 bits per heavy atom. The van der Waals surface area contributed by atoms with Crippen molar-refractivity contribution in [1.29, 1.82) is 0 Å². The Balaban J connectivity index is 1.62. The van der Waals surface area contributed by atoms with E-state index in [0.717, 1.165) is 18.7 Å². The number of amides is 1. The second-order valence-corrected chi connectivity index (χ2v) is 5.74. The number of nitrogens with one attached hydrogen (secondary N) is 1. The number of halogens is 2. The van der Waals surface area contributed by atoms with E-state index in [-0.39, 0.29) is 22.7 Å². The summed E-state index contributed by atoms with van der Waals surface area (Å²) in [6.45, 7) is 3.17. The van der Waals surface area contributed by atoms with Crippen molar-refractivity contribution in [3.63, 3.8) is 0 Å². The van der Waals surface area contributed by atoms with Gasteiger partial charge in [0.1, 0.15) is 5.82 Å². The van der Waals surface area contributed by atoms with Crippen molar-refractivity contribution in [2.75, 3.05) is 18.0 Å². The van der Waals surface area contributed by atoms with Crippen LogP contribution in [0.5, 0.6) is 0 Å². The molecule has 1 saturated heterocycles. The van der Waals surface area contributed by atoms with E-state index in [4.69, 9.17) is 16.1 Å². The van der Waals surface area contributed by atoms with Crippen LogP contribution in [0, 0.1) is 12.7 Å². The number of aromatic nitrogens is 1. The zero-order valence-corrected chi connectivity index (χ0v) is 12.7. The Hall–Kier alpha value is -2.08. The number of carbonyl (C=O) groups excluding carboxylic acids is 1. The molecule has 0 bridgehead atoms. The number of aryl methyl sites for hydroxylation is 1. The van der Waals surface area contributed by atoms with Gasteiger partial charge < -0.3 is 14.7 Å². The maximum absolute atomic E-state index is 13.2. The summed E-state index contributed by atoms with van der Waals surface area (Å²) in [4.78, 5) is 14.1. The van der Waals surface area contributed by atoms with Crippen LogP contribution in [0.2, 0.25) is 5.02 Å². The summed E-state index contributed by atoms with van der Waals surface area (Å²) in [7, 11) is 0. The van der Waals surface area contributed by atoms with Gasteiger partial charge in [-0.25, -0.2) is 4.39 Å². The van der Waals surface area contributed by atoms with Gasteiger partial charge in [0.05, 0.1) is 10.7 Å². The van der Waals surface area contributed by atoms with Gasteiger partial charge >= 0.3 is 0 Å². The van der Waals surface area contributed by atoms with Crippen LogP contribution in [-0.4, -0.2) is 30.2 Å². The highest BCUT2D eigenvalue weighted by Gasteiger charge is 2.26. The van der Waals surface area contributed by atoms with Gasteiger partial charge in [-0.3, -0.25) is 4.79 Å². The average Bonchev–Trinajstić information content (AvgIpc) is 3.11. The van der Waals surface area contributed by atoms with E-state index in [2.05, 4.69) is 15.4 Å². The third kappa shape index (κ3) is 3.06. The minimum Gasteiger partial charge on any atom is -0.369 e. The lowest BCUT2D eigenvalue weighted by Gasteiger charge is -2.19. The fraction of sp³-hybridized carbons (Fsp3) is 0.333. The van der Waals surface area contributed by atoms with Crippen molar-refractivity contribution in [3.05, 3.63) is 46.6 Å². The normalized spacial score (nSPS) is 17.8. The minimum atomic E-state index is -0.435. The third-order valence-corrected chi connectivity index (χ3v) is 3.93. The summed E-state index contributed by atoms with van der Waals surface area (Å²) >= 11 is 5.80. The summed E-state index contributed by atoms with van der Waals surface area (Å²) in [6.07, 6.45) is 0.799. The molecule has 7 heteroatoms. The molecular weight excluding hydrogens is 309 g/mol. The molecule has 2 heterocycles. The Bertz CT molecular complexity index is 704. The molecule has 1 unspecified atom stereocenters. The molecule has 1 aliphatic rings. The predicted molar refractivity (Wildman–Crippen MR) is 80.7 cm³/mol. The van der Waals surface area contributed by atoms with Crippen molar-refractivity contribution in [2.24, 2.45) is 0 Å². The van der Waals surface area contributed by atoms with Crippen LogP contribution in [0.25, 0.3) is 0 Å². The van der Waals surface area contributed by atoms with E-state index in [9.17, 15) is 9.18 Å². The highest BCUT2D eigenvalue weighted by atomic mass is 35.5. The molecule has 1 N–H and O–H groups in total. The Morgan fingerprint density at radius 1 is 1.50 bits per heavy atom. The summed E-state index contributed by atoms with van der Waals surface area (Å²) in [5.41, 5.74) is 1.51. The molecule has 5 nitrogen and oxygen atoms in total. The number of hydrogen-bond acceptors (Lipinski definition) is 4. The highest BCUT2D eigenvalue weighted by molar-refractivity contribution is 6.31. The van der Waals surface area contributed by atoms with Crippen molar-refractivity contribution in [2.45, 2.75) is 19.4 Å².